The maximum Gasteiger partial charge on any atom is 0.511 e. The lowest BCUT2D eigenvalue weighted by Gasteiger charge is -2.25. The van der Waals surface area contributed by atoms with Gasteiger partial charge in [0.15, 0.2) is 0 Å². The average Bonchev–Trinajstić information content (AvgIpc) is 2.51. The third kappa shape index (κ3) is 7.31. The SMILES string of the molecule is CC(C)(C)OC(=O)O[C@@H](F)[C@@H](CO)O[C@H](CF)Cn1ccc(N)nc1=O. The van der Waals surface area contributed by atoms with Crippen LogP contribution in [0.25, 0.3) is 0 Å². The number of ether oxygens (including phenoxy) is 3. The predicted octanol–water partition coefficient (Wildman–Crippen LogP) is 0.788. The fourth-order valence-electron chi connectivity index (χ4n) is 1.81. The van der Waals surface area contributed by atoms with Crippen LogP contribution in [0.1, 0.15) is 20.8 Å². The molecule has 0 saturated heterocycles. The standard InChI is InChI=1S/C15H23F2N3O6/c1-15(2,3)26-14(23)25-12(17)10(8-21)24-9(6-16)7-20-5-4-11(18)19-13(20)22/h4-5,9-10,12,21H,6-8H2,1-3H3,(H2,18,19,22)/t9-,10-,12-/m1/s1. The van der Waals surface area contributed by atoms with Gasteiger partial charge in [0.2, 0.25) is 0 Å². The fraction of sp³-hybridized carbons (Fsp3) is 0.667. The Bertz CT molecular complexity index is 649. The first-order valence-corrected chi connectivity index (χ1v) is 7.74. The molecule has 3 atom stereocenters. The lowest BCUT2D eigenvalue weighted by atomic mass is 10.2. The van der Waals surface area contributed by atoms with E-state index in [-0.39, 0.29) is 12.4 Å². The van der Waals surface area contributed by atoms with Crippen molar-refractivity contribution in [1.82, 2.24) is 9.55 Å². The zero-order valence-electron chi connectivity index (χ0n) is 14.7. The topological polar surface area (TPSA) is 126 Å². The van der Waals surface area contributed by atoms with Gasteiger partial charge in [0.1, 0.15) is 30.3 Å². The Morgan fingerprint density at radius 1 is 1.46 bits per heavy atom. The summed E-state index contributed by atoms with van der Waals surface area (Å²) < 4.78 is 42.5. The maximum atomic E-state index is 14.0. The van der Waals surface area contributed by atoms with Gasteiger partial charge in [0, 0.05) is 6.20 Å². The summed E-state index contributed by atoms with van der Waals surface area (Å²) in [6.45, 7) is 2.37. The summed E-state index contributed by atoms with van der Waals surface area (Å²) in [5.41, 5.74) is 3.70. The van der Waals surface area contributed by atoms with Gasteiger partial charge in [0.05, 0.1) is 13.2 Å². The lowest BCUT2D eigenvalue weighted by molar-refractivity contribution is -0.162. The second-order valence-electron chi connectivity index (χ2n) is 6.35. The molecule has 1 aromatic rings. The van der Waals surface area contributed by atoms with Crippen molar-refractivity contribution in [3.05, 3.63) is 22.7 Å². The van der Waals surface area contributed by atoms with Crippen LogP contribution in [0.2, 0.25) is 0 Å². The van der Waals surface area contributed by atoms with E-state index in [1.807, 2.05) is 0 Å². The molecule has 0 amide bonds. The number of aliphatic hydroxyl groups is 1. The van der Waals surface area contributed by atoms with Gasteiger partial charge in [-0.2, -0.15) is 9.37 Å². The van der Waals surface area contributed by atoms with Gasteiger partial charge < -0.3 is 25.1 Å². The molecule has 0 unspecified atom stereocenters. The number of aromatic nitrogens is 2. The fourth-order valence-corrected chi connectivity index (χ4v) is 1.81. The molecule has 3 N–H and O–H groups in total. The molecule has 0 aromatic carbocycles. The number of halogens is 2. The first-order valence-electron chi connectivity index (χ1n) is 7.74. The van der Waals surface area contributed by atoms with Crippen LogP contribution in [0.5, 0.6) is 0 Å². The second-order valence-corrected chi connectivity index (χ2v) is 6.35. The largest absolute Gasteiger partial charge is 0.511 e. The Balaban J connectivity index is 2.70. The van der Waals surface area contributed by atoms with Gasteiger partial charge in [-0.15, -0.1) is 0 Å². The summed E-state index contributed by atoms with van der Waals surface area (Å²) >= 11 is 0. The van der Waals surface area contributed by atoms with E-state index in [9.17, 15) is 23.5 Å². The molecule has 0 fully saturated rings. The number of nitrogen functional groups attached to an aromatic ring is 1. The number of nitrogens with zero attached hydrogens (tertiary/aromatic N) is 2. The van der Waals surface area contributed by atoms with Crippen molar-refractivity contribution >= 4 is 12.0 Å². The van der Waals surface area contributed by atoms with Crippen molar-refractivity contribution in [2.24, 2.45) is 0 Å². The summed E-state index contributed by atoms with van der Waals surface area (Å²) in [7, 11) is 0. The minimum absolute atomic E-state index is 0.00761. The zero-order chi connectivity index (χ0) is 19.9. The number of rotatable bonds is 8. The van der Waals surface area contributed by atoms with E-state index < -0.39 is 49.3 Å². The minimum Gasteiger partial charge on any atom is -0.428 e. The number of hydrogen-bond donors (Lipinski definition) is 2. The Kier molecular flexibility index (Phi) is 7.90. The Labute approximate surface area is 148 Å². The normalized spacial score (nSPS) is 15.2. The summed E-state index contributed by atoms with van der Waals surface area (Å²) in [5.74, 6) is -0.00761. The highest BCUT2D eigenvalue weighted by Gasteiger charge is 2.30. The zero-order valence-corrected chi connectivity index (χ0v) is 14.7. The van der Waals surface area contributed by atoms with Crippen LogP contribution in [0.15, 0.2) is 17.1 Å². The van der Waals surface area contributed by atoms with E-state index in [0.717, 1.165) is 4.57 Å². The number of nitrogens with two attached hydrogens (primary N) is 1. The molecule has 0 saturated carbocycles. The van der Waals surface area contributed by atoms with Crippen molar-refractivity contribution < 1.29 is 32.9 Å². The van der Waals surface area contributed by atoms with Gasteiger partial charge in [-0.05, 0) is 26.8 Å². The Hall–Kier alpha value is -2.27. The van der Waals surface area contributed by atoms with E-state index in [0.29, 0.717) is 0 Å². The van der Waals surface area contributed by atoms with Crippen molar-refractivity contribution in [1.29, 1.82) is 0 Å². The molecule has 0 radical (unpaired) electrons. The van der Waals surface area contributed by atoms with E-state index in [2.05, 4.69) is 9.72 Å². The molecule has 0 spiro atoms. The molecule has 148 valence electrons. The van der Waals surface area contributed by atoms with E-state index in [1.54, 1.807) is 20.8 Å². The third-order valence-electron chi connectivity index (χ3n) is 2.91. The monoisotopic (exact) mass is 379 g/mol. The molecule has 1 heterocycles. The molecule has 0 aliphatic carbocycles. The number of carbonyl (C=O) groups is 1. The maximum absolute atomic E-state index is 14.0. The van der Waals surface area contributed by atoms with Gasteiger partial charge >= 0.3 is 11.8 Å². The summed E-state index contributed by atoms with van der Waals surface area (Å²) in [6.07, 6.45) is -5.39. The highest BCUT2D eigenvalue weighted by atomic mass is 19.1. The number of carbonyl (C=O) groups excluding carboxylic acids is 1. The first-order chi connectivity index (χ1) is 12.1. The van der Waals surface area contributed by atoms with Crippen molar-refractivity contribution in [2.75, 3.05) is 19.0 Å². The molecule has 26 heavy (non-hydrogen) atoms. The minimum atomic E-state index is -2.40. The highest BCUT2D eigenvalue weighted by molar-refractivity contribution is 5.60. The van der Waals surface area contributed by atoms with E-state index >= 15 is 0 Å². The first kappa shape index (κ1) is 21.8. The van der Waals surface area contributed by atoms with Crippen LogP contribution in [-0.2, 0) is 20.8 Å². The smallest absolute Gasteiger partial charge is 0.428 e. The number of alkyl halides is 2. The Morgan fingerprint density at radius 3 is 2.62 bits per heavy atom. The van der Waals surface area contributed by atoms with Gasteiger partial charge in [0.25, 0.3) is 6.36 Å². The summed E-state index contributed by atoms with van der Waals surface area (Å²) in [5, 5.41) is 9.23. The van der Waals surface area contributed by atoms with Gasteiger partial charge in [-0.3, -0.25) is 4.57 Å². The molecule has 1 rings (SSSR count). The molecular formula is C15H23F2N3O6. The van der Waals surface area contributed by atoms with Crippen LogP contribution in [0.3, 0.4) is 0 Å². The number of anilines is 1. The third-order valence-corrected chi connectivity index (χ3v) is 2.91. The second kappa shape index (κ2) is 9.43. The Morgan fingerprint density at radius 2 is 2.12 bits per heavy atom. The van der Waals surface area contributed by atoms with Gasteiger partial charge in [-0.25, -0.2) is 14.0 Å². The molecule has 0 bridgehead atoms. The predicted molar refractivity (Wildman–Crippen MR) is 86.8 cm³/mol. The molecule has 9 nitrogen and oxygen atoms in total. The van der Waals surface area contributed by atoms with Crippen LogP contribution in [-0.4, -0.2) is 58.3 Å². The van der Waals surface area contributed by atoms with E-state index in [1.165, 1.54) is 12.3 Å². The molecule has 0 aliphatic rings. The van der Waals surface area contributed by atoms with E-state index in [4.69, 9.17) is 15.2 Å². The van der Waals surface area contributed by atoms with Crippen molar-refractivity contribution in [2.45, 2.75) is 51.5 Å². The number of aliphatic hydroxyl groups excluding tert-OH is 1. The molecule has 0 aliphatic heterocycles. The molecular weight excluding hydrogens is 356 g/mol. The van der Waals surface area contributed by atoms with Crippen molar-refractivity contribution in [3.63, 3.8) is 0 Å². The molecule has 11 heteroatoms. The van der Waals surface area contributed by atoms with Gasteiger partial charge in [-0.1, -0.05) is 0 Å². The summed E-state index contributed by atoms with van der Waals surface area (Å²) in [4.78, 5) is 26.6. The van der Waals surface area contributed by atoms with Crippen LogP contribution >= 0.6 is 0 Å². The molecule has 1 aromatic heterocycles. The average molecular weight is 379 g/mol. The van der Waals surface area contributed by atoms with Crippen LogP contribution in [0, 0.1) is 0 Å². The quantitative estimate of drug-likeness (QED) is 0.635. The number of hydrogen-bond acceptors (Lipinski definition) is 8. The van der Waals surface area contributed by atoms with Crippen LogP contribution < -0.4 is 11.4 Å². The highest BCUT2D eigenvalue weighted by Crippen LogP contribution is 2.14. The van der Waals surface area contributed by atoms with Crippen LogP contribution in [0.4, 0.5) is 19.4 Å². The summed E-state index contributed by atoms with van der Waals surface area (Å²) in [6, 6.07) is 1.32. The van der Waals surface area contributed by atoms with Crippen molar-refractivity contribution in [3.8, 4) is 0 Å². The lowest BCUT2D eigenvalue weighted by Crippen LogP contribution is -2.40.